The fourth-order valence-corrected chi connectivity index (χ4v) is 4.87. The number of thiocarbonyl (C=S) groups is 1. The van der Waals surface area contributed by atoms with Crippen LogP contribution in [0.5, 0.6) is 5.75 Å². The van der Waals surface area contributed by atoms with Gasteiger partial charge in [0.15, 0.2) is 5.11 Å². The number of carbonyl (C=O) groups is 1. The summed E-state index contributed by atoms with van der Waals surface area (Å²) >= 11 is 12.2. The van der Waals surface area contributed by atoms with E-state index in [9.17, 15) is 9.90 Å². The lowest BCUT2D eigenvalue weighted by Crippen LogP contribution is -2.29. The third kappa shape index (κ3) is 4.22. The number of methoxy groups -OCH3 is 1. The molecular formula is C26H20ClN3O4S. The van der Waals surface area contributed by atoms with E-state index in [4.69, 9.17) is 33.0 Å². The van der Waals surface area contributed by atoms with E-state index in [2.05, 4.69) is 10.3 Å². The molecular weight excluding hydrogens is 486 g/mol. The molecule has 9 heteroatoms. The van der Waals surface area contributed by atoms with Crippen molar-refractivity contribution in [2.45, 2.75) is 12.1 Å². The van der Waals surface area contributed by atoms with E-state index in [0.29, 0.717) is 33.0 Å². The van der Waals surface area contributed by atoms with Crippen molar-refractivity contribution in [3.05, 3.63) is 101 Å². The number of furan rings is 1. The normalized spacial score (nSPS) is 17.3. The first-order valence-corrected chi connectivity index (χ1v) is 11.5. The summed E-state index contributed by atoms with van der Waals surface area (Å²) in [6, 6.07) is 20.7. The number of carboxylic acid groups (broad SMARTS) is 1. The molecule has 2 aromatic carbocycles. The first kappa shape index (κ1) is 22.9. The zero-order valence-electron chi connectivity index (χ0n) is 18.5. The number of halogens is 1. The predicted molar refractivity (Wildman–Crippen MR) is 137 cm³/mol. The molecule has 1 aliphatic heterocycles. The number of benzene rings is 2. The monoisotopic (exact) mass is 505 g/mol. The lowest BCUT2D eigenvalue weighted by Gasteiger charge is -2.26. The van der Waals surface area contributed by atoms with E-state index in [1.165, 1.54) is 0 Å². The Morgan fingerprint density at radius 2 is 1.94 bits per heavy atom. The topological polar surface area (TPSA) is 87.8 Å². The number of hydrogen-bond donors (Lipinski definition) is 2. The fourth-order valence-electron chi connectivity index (χ4n) is 4.27. The summed E-state index contributed by atoms with van der Waals surface area (Å²) in [5.41, 5.74) is 2.19. The molecule has 0 aliphatic carbocycles. The molecule has 0 radical (unpaired) electrons. The molecule has 2 atom stereocenters. The number of nitrogens with zero attached hydrogens (tertiary/aromatic N) is 2. The summed E-state index contributed by atoms with van der Waals surface area (Å²) in [6.45, 7) is 0. The van der Waals surface area contributed by atoms with Crippen LogP contribution in [0.1, 0.15) is 33.9 Å². The highest BCUT2D eigenvalue weighted by atomic mass is 35.5. The molecule has 35 heavy (non-hydrogen) atoms. The second kappa shape index (κ2) is 9.40. The quantitative estimate of drug-likeness (QED) is 0.314. The zero-order valence-corrected chi connectivity index (χ0v) is 20.1. The minimum Gasteiger partial charge on any atom is -0.495 e. The molecule has 1 fully saturated rings. The average molecular weight is 506 g/mol. The van der Waals surface area contributed by atoms with Crippen molar-refractivity contribution in [2.75, 3.05) is 12.0 Å². The predicted octanol–water partition coefficient (Wildman–Crippen LogP) is 5.88. The van der Waals surface area contributed by atoms with E-state index >= 15 is 0 Å². The van der Waals surface area contributed by atoms with Gasteiger partial charge in [0.2, 0.25) is 0 Å². The number of pyridine rings is 1. The molecule has 4 aromatic rings. The van der Waals surface area contributed by atoms with Gasteiger partial charge < -0.3 is 24.5 Å². The second-order valence-electron chi connectivity index (χ2n) is 7.87. The van der Waals surface area contributed by atoms with Gasteiger partial charge in [-0.15, -0.1) is 0 Å². The molecule has 5 rings (SSSR count). The van der Waals surface area contributed by atoms with Crippen LogP contribution in [0.3, 0.4) is 0 Å². The molecule has 0 bridgehead atoms. The van der Waals surface area contributed by atoms with Crippen LogP contribution in [-0.4, -0.2) is 28.3 Å². The molecule has 0 spiro atoms. The number of aromatic nitrogens is 1. The van der Waals surface area contributed by atoms with Crippen LogP contribution in [0, 0.1) is 0 Å². The second-order valence-corrected chi connectivity index (χ2v) is 8.66. The van der Waals surface area contributed by atoms with Crippen LogP contribution < -0.4 is 15.0 Å². The highest BCUT2D eigenvalue weighted by Crippen LogP contribution is 2.44. The van der Waals surface area contributed by atoms with Crippen molar-refractivity contribution in [1.82, 2.24) is 10.3 Å². The van der Waals surface area contributed by atoms with Crippen LogP contribution in [0.4, 0.5) is 5.69 Å². The van der Waals surface area contributed by atoms with Crippen molar-refractivity contribution >= 4 is 40.6 Å². The molecule has 0 amide bonds. The van der Waals surface area contributed by atoms with Gasteiger partial charge in [-0.2, -0.15) is 0 Å². The summed E-state index contributed by atoms with van der Waals surface area (Å²) < 4.78 is 11.6. The molecule has 7 nitrogen and oxygen atoms in total. The molecule has 1 aliphatic rings. The summed E-state index contributed by atoms with van der Waals surface area (Å²) in [6.07, 6.45) is 1.72. The van der Waals surface area contributed by atoms with Crippen molar-refractivity contribution in [1.29, 1.82) is 0 Å². The van der Waals surface area contributed by atoms with Crippen LogP contribution in [0.15, 0.2) is 83.4 Å². The van der Waals surface area contributed by atoms with Crippen molar-refractivity contribution < 1.29 is 19.1 Å². The third-order valence-corrected chi connectivity index (χ3v) is 6.46. The number of hydrogen-bond acceptors (Lipinski definition) is 5. The summed E-state index contributed by atoms with van der Waals surface area (Å²) in [5.74, 6) is 0.568. The van der Waals surface area contributed by atoms with Crippen molar-refractivity contribution in [3.63, 3.8) is 0 Å². The van der Waals surface area contributed by atoms with Gasteiger partial charge in [0.05, 0.1) is 29.4 Å². The van der Waals surface area contributed by atoms with Crippen LogP contribution >= 0.6 is 23.8 Å². The van der Waals surface area contributed by atoms with Crippen molar-refractivity contribution in [3.8, 4) is 17.1 Å². The number of anilines is 1. The number of rotatable bonds is 6. The van der Waals surface area contributed by atoms with Gasteiger partial charge in [0.1, 0.15) is 23.3 Å². The highest BCUT2D eigenvalue weighted by Gasteiger charge is 2.42. The standard InChI is InChI=1S/C26H20ClN3O4S/c1-33-21-10-9-15(14-18(21)27)30-24(23(29-26(30)35)19-8-4-5-13-28-19)22-12-11-20(34-22)16-6-2-3-7-17(16)25(31)32/h2-14,23-24H,1H3,(H,29,35)(H,31,32)/t23-,24+/m0/s1. The van der Waals surface area contributed by atoms with E-state index in [-0.39, 0.29) is 11.6 Å². The van der Waals surface area contributed by atoms with Gasteiger partial charge in [-0.3, -0.25) is 4.98 Å². The SMILES string of the molecule is COc1ccc(N2C(=S)N[C@@H](c3ccccn3)[C@H]2c2ccc(-c3ccccc3C(=O)O)o2)cc1Cl. The van der Waals surface area contributed by atoms with Gasteiger partial charge in [-0.25, -0.2) is 4.79 Å². The largest absolute Gasteiger partial charge is 0.495 e. The minimum atomic E-state index is -1.02. The Labute approximate surface area is 211 Å². The zero-order chi connectivity index (χ0) is 24.5. The smallest absolute Gasteiger partial charge is 0.336 e. The van der Waals surface area contributed by atoms with Crippen LogP contribution in [-0.2, 0) is 0 Å². The Balaban J connectivity index is 1.62. The molecule has 3 heterocycles. The summed E-state index contributed by atoms with van der Waals surface area (Å²) in [4.78, 5) is 18.2. The average Bonchev–Trinajstić information content (AvgIpc) is 3.49. The Kier molecular flexibility index (Phi) is 6.15. The Hall–Kier alpha value is -3.88. The lowest BCUT2D eigenvalue weighted by molar-refractivity contribution is 0.0697. The number of aromatic carboxylic acids is 1. The summed E-state index contributed by atoms with van der Waals surface area (Å²) in [7, 11) is 1.56. The van der Waals surface area contributed by atoms with Gasteiger partial charge in [0, 0.05) is 17.4 Å². The number of ether oxygens (including phenoxy) is 1. The highest BCUT2D eigenvalue weighted by molar-refractivity contribution is 7.80. The lowest BCUT2D eigenvalue weighted by atomic mass is 10.0. The minimum absolute atomic E-state index is 0.161. The first-order valence-electron chi connectivity index (χ1n) is 10.7. The van der Waals surface area contributed by atoms with Gasteiger partial charge >= 0.3 is 5.97 Å². The fraction of sp³-hybridized carbons (Fsp3) is 0.115. The van der Waals surface area contributed by atoms with Gasteiger partial charge in [-0.05, 0) is 60.7 Å². The molecule has 176 valence electrons. The van der Waals surface area contributed by atoms with Crippen LogP contribution in [0.25, 0.3) is 11.3 Å². The Morgan fingerprint density at radius 1 is 1.14 bits per heavy atom. The third-order valence-electron chi connectivity index (χ3n) is 5.85. The van der Waals surface area contributed by atoms with E-state index in [1.807, 2.05) is 35.2 Å². The Morgan fingerprint density at radius 3 is 2.66 bits per heavy atom. The van der Waals surface area contributed by atoms with Crippen LogP contribution in [0.2, 0.25) is 5.02 Å². The van der Waals surface area contributed by atoms with Gasteiger partial charge in [0.25, 0.3) is 0 Å². The molecule has 2 aromatic heterocycles. The molecule has 0 unspecified atom stereocenters. The first-order chi connectivity index (χ1) is 17.0. The number of carboxylic acids is 1. The molecule has 0 saturated carbocycles. The number of nitrogens with one attached hydrogen (secondary N) is 1. The van der Waals surface area contributed by atoms with E-state index < -0.39 is 12.0 Å². The maximum Gasteiger partial charge on any atom is 0.336 e. The van der Waals surface area contributed by atoms with E-state index in [0.717, 1.165) is 11.4 Å². The maximum atomic E-state index is 11.8. The van der Waals surface area contributed by atoms with E-state index in [1.54, 1.807) is 55.8 Å². The van der Waals surface area contributed by atoms with Gasteiger partial charge in [-0.1, -0.05) is 35.9 Å². The van der Waals surface area contributed by atoms with Crippen molar-refractivity contribution in [2.24, 2.45) is 0 Å². The Bertz CT molecular complexity index is 1410. The maximum absolute atomic E-state index is 11.8. The summed E-state index contributed by atoms with van der Waals surface area (Å²) in [5, 5.41) is 13.9. The molecule has 2 N–H and O–H groups in total. The molecule has 1 saturated heterocycles.